The molecule has 3 N–H and O–H groups in total. The fourth-order valence-corrected chi connectivity index (χ4v) is 14.1. The minimum Gasteiger partial charge on any atom is -0.462 e. The second kappa shape index (κ2) is 71.0. The average Bonchev–Trinajstić information content (AvgIpc) is 0.924. The van der Waals surface area contributed by atoms with Crippen LogP contribution >= 0.6 is 15.6 Å². The largest absolute Gasteiger partial charge is 0.472 e. The van der Waals surface area contributed by atoms with E-state index in [0.29, 0.717) is 31.6 Å². The summed E-state index contributed by atoms with van der Waals surface area (Å²) in [5.74, 6) is 0.992. The molecule has 0 spiro atoms. The Morgan fingerprint density at radius 1 is 0.277 bits per heavy atom. The molecule has 101 heavy (non-hydrogen) atoms. The molecule has 0 rings (SSSR count). The van der Waals surface area contributed by atoms with Crippen LogP contribution in [0.1, 0.15) is 421 Å². The summed E-state index contributed by atoms with van der Waals surface area (Å²) in [7, 11) is -9.92. The van der Waals surface area contributed by atoms with Gasteiger partial charge < -0.3 is 33.8 Å². The lowest BCUT2D eigenvalue weighted by molar-refractivity contribution is -0.161. The van der Waals surface area contributed by atoms with Crippen molar-refractivity contribution < 1.29 is 80.2 Å². The number of ether oxygens (including phenoxy) is 4. The highest BCUT2D eigenvalue weighted by Crippen LogP contribution is 2.45. The minimum atomic E-state index is -4.96. The van der Waals surface area contributed by atoms with E-state index in [1.165, 1.54) is 218 Å². The number of phosphoric acid groups is 2. The Morgan fingerprint density at radius 3 is 0.703 bits per heavy atom. The summed E-state index contributed by atoms with van der Waals surface area (Å²) in [6.07, 6.45) is 58.6. The van der Waals surface area contributed by atoms with Gasteiger partial charge in [0.1, 0.15) is 19.3 Å². The molecule has 0 saturated heterocycles. The number of hydrogen-bond donors (Lipinski definition) is 3. The predicted octanol–water partition coefficient (Wildman–Crippen LogP) is 24.4. The first-order valence-electron chi connectivity index (χ1n) is 42.3. The van der Waals surface area contributed by atoms with Gasteiger partial charge in [0, 0.05) is 25.7 Å². The molecule has 4 unspecified atom stereocenters. The van der Waals surface area contributed by atoms with Crippen molar-refractivity contribution in [2.45, 2.75) is 440 Å². The Morgan fingerprint density at radius 2 is 0.475 bits per heavy atom. The summed E-state index contributed by atoms with van der Waals surface area (Å²) in [6, 6.07) is 0. The number of carbonyl (C=O) groups excluding carboxylic acids is 4. The Balaban J connectivity index is 5.19. The highest BCUT2D eigenvalue weighted by atomic mass is 31.2. The molecule has 0 amide bonds. The third kappa shape index (κ3) is 73.4. The topological polar surface area (TPSA) is 237 Å². The first-order chi connectivity index (χ1) is 48.7. The van der Waals surface area contributed by atoms with E-state index >= 15 is 0 Å². The van der Waals surface area contributed by atoms with Crippen molar-refractivity contribution in [3.05, 3.63) is 0 Å². The molecular formula is C82H160O17P2. The van der Waals surface area contributed by atoms with E-state index in [-0.39, 0.29) is 25.7 Å². The molecule has 0 aromatic heterocycles. The third-order valence-corrected chi connectivity index (χ3v) is 21.7. The number of phosphoric ester groups is 2. The van der Waals surface area contributed by atoms with Crippen LogP contribution in [-0.2, 0) is 65.4 Å². The Kier molecular flexibility index (Phi) is 69.6. The van der Waals surface area contributed by atoms with Crippen molar-refractivity contribution in [2.24, 2.45) is 23.7 Å². The van der Waals surface area contributed by atoms with Crippen LogP contribution in [0.4, 0.5) is 0 Å². The average molecular weight is 1480 g/mol. The molecule has 0 aromatic rings. The number of carbonyl (C=O) groups is 4. The molecule has 0 aromatic carbocycles. The van der Waals surface area contributed by atoms with Crippen molar-refractivity contribution in [3.63, 3.8) is 0 Å². The minimum absolute atomic E-state index is 0.102. The first-order valence-corrected chi connectivity index (χ1v) is 45.3. The lowest BCUT2D eigenvalue weighted by atomic mass is 9.99. The third-order valence-electron chi connectivity index (χ3n) is 19.8. The van der Waals surface area contributed by atoms with Gasteiger partial charge in [0.25, 0.3) is 0 Å². The fraction of sp³-hybridized carbons (Fsp3) is 0.951. The number of unbranched alkanes of at least 4 members (excludes halogenated alkanes) is 43. The number of aliphatic hydroxyl groups excluding tert-OH is 1. The maximum Gasteiger partial charge on any atom is 0.472 e. The van der Waals surface area contributed by atoms with E-state index in [1.807, 2.05) is 0 Å². The lowest BCUT2D eigenvalue weighted by Gasteiger charge is -2.21. The van der Waals surface area contributed by atoms with E-state index in [2.05, 4.69) is 55.4 Å². The summed E-state index contributed by atoms with van der Waals surface area (Å²) in [4.78, 5) is 73.0. The zero-order valence-electron chi connectivity index (χ0n) is 66.5. The van der Waals surface area contributed by atoms with Gasteiger partial charge >= 0.3 is 39.5 Å². The molecule has 7 atom stereocenters. The van der Waals surface area contributed by atoms with Crippen LogP contribution < -0.4 is 0 Å². The molecule has 0 aliphatic heterocycles. The molecular weight excluding hydrogens is 1320 g/mol. The van der Waals surface area contributed by atoms with E-state index in [4.69, 9.17) is 37.0 Å². The quantitative estimate of drug-likeness (QED) is 0.0222. The second-order valence-electron chi connectivity index (χ2n) is 31.0. The molecule has 0 aliphatic carbocycles. The van der Waals surface area contributed by atoms with Gasteiger partial charge in [0.2, 0.25) is 0 Å². The van der Waals surface area contributed by atoms with Crippen molar-refractivity contribution in [2.75, 3.05) is 39.6 Å². The summed E-state index contributed by atoms with van der Waals surface area (Å²) < 4.78 is 68.6. The van der Waals surface area contributed by atoms with Crippen molar-refractivity contribution in [3.8, 4) is 0 Å². The van der Waals surface area contributed by atoms with Crippen molar-refractivity contribution >= 4 is 39.5 Å². The van der Waals surface area contributed by atoms with Gasteiger partial charge in [0.15, 0.2) is 12.2 Å². The molecule has 0 bridgehead atoms. The van der Waals surface area contributed by atoms with E-state index in [1.54, 1.807) is 0 Å². The van der Waals surface area contributed by atoms with E-state index in [0.717, 1.165) is 114 Å². The molecule has 0 radical (unpaired) electrons. The number of hydrogen-bond acceptors (Lipinski definition) is 15. The predicted molar refractivity (Wildman–Crippen MR) is 414 cm³/mol. The SMILES string of the molecule is CCC(C)CCCCCCCCCCCCCCCCCCCCC(=O)O[C@H](COC(=O)CCCCCCCCCCCCCCCCCCC(C)C)COP(=O)(O)OC[C@@H](O)COP(=O)(O)OC[C@@H](COC(=O)CCCCCCCCC(C)CC)OC(=O)CCCCCCCCCC(C)C. The lowest BCUT2D eigenvalue weighted by Crippen LogP contribution is -2.30. The highest BCUT2D eigenvalue weighted by molar-refractivity contribution is 7.47. The van der Waals surface area contributed by atoms with Crippen LogP contribution in [0.15, 0.2) is 0 Å². The molecule has 600 valence electrons. The maximum atomic E-state index is 13.1. The number of rotatable bonds is 79. The number of aliphatic hydroxyl groups is 1. The van der Waals surface area contributed by atoms with Crippen LogP contribution in [0.25, 0.3) is 0 Å². The van der Waals surface area contributed by atoms with E-state index < -0.39 is 97.5 Å². The zero-order chi connectivity index (χ0) is 74.6. The van der Waals surface area contributed by atoms with Crippen LogP contribution in [0.2, 0.25) is 0 Å². The van der Waals surface area contributed by atoms with Gasteiger partial charge in [-0.1, -0.05) is 370 Å². The van der Waals surface area contributed by atoms with Gasteiger partial charge in [-0.25, -0.2) is 9.13 Å². The van der Waals surface area contributed by atoms with E-state index in [9.17, 15) is 43.2 Å². The van der Waals surface area contributed by atoms with Crippen molar-refractivity contribution in [1.29, 1.82) is 0 Å². The monoisotopic (exact) mass is 1480 g/mol. The van der Waals surface area contributed by atoms with Crippen molar-refractivity contribution in [1.82, 2.24) is 0 Å². The highest BCUT2D eigenvalue weighted by Gasteiger charge is 2.30. The van der Waals surface area contributed by atoms with Gasteiger partial charge in [-0.3, -0.25) is 37.3 Å². The second-order valence-corrected chi connectivity index (χ2v) is 33.9. The van der Waals surface area contributed by atoms with Gasteiger partial charge in [-0.05, 0) is 49.4 Å². The molecule has 0 saturated carbocycles. The van der Waals surface area contributed by atoms with Crippen LogP contribution in [0.5, 0.6) is 0 Å². The Bertz CT molecular complexity index is 1980. The zero-order valence-corrected chi connectivity index (χ0v) is 68.3. The molecule has 0 heterocycles. The molecule has 17 nitrogen and oxygen atoms in total. The summed E-state index contributed by atoms with van der Waals surface area (Å²) in [6.45, 7) is 14.2. The van der Waals surface area contributed by atoms with Gasteiger partial charge in [0.05, 0.1) is 26.4 Å². The van der Waals surface area contributed by atoms with Crippen LogP contribution in [0, 0.1) is 23.7 Å². The summed E-state index contributed by atoms with van der Waals surface area (Å²) in [5.41, 5.74) is 0. The maximum absolute atomic E-state index is 13.1. The van der Waals surface area contributed by atoms with Gasteiger partial charge in [-0.2, -0.15) is 0 Å². The molecule has 0 fully saturated rings. The Hall–Kier alpha value is -1.94. The van der Waals surface area contributed by atoms with Crippen LogP contribution in [0.3, 0.4) is 0 Å². The Labute approximate surface area is 619 Å². The summed E-state index contributed by atoms with van der Waals surface area (Å²) in [5, 5.41) is 10.6. The van der Waals surface area contributed by atoms with Crippen LogP contribution in [-0.4, -0.2) is 96.7 Å². The molecule has 19 heteroatoms. The summed E-state index contributed by atoms with van der Waals surface area (Å²) >= 11 is 0. The standard InChI is InChI=1S/C82H160O17P2/c1-9-74(7)60-52-44-36-30-26-22-18-13-11-12-14-20-24-28-32-38-48-56-64-81(86)98-77(68-92-79(84)62-54-46-37-31-27-23-19-16-15-17-21-25-29-34-42-50-58-72(3)4)70-96-100(88,89)94-66-76(83)67-95-101(90,91)97-71-78(99-82(87)65-57-49-39-33-35-43-51-59-73(5)6)69-93-80(85)63-55-47-41-40-45-53-61-75(8)10-2/h72-78,83H,9-71H2,1-8H3,(H,88,89)(H,90,91)/t74?,75?,76-,77-,78-/m1/s1. The first kappa shape index (κ1) is 99.1. The fourth-order valence-electron chi connectivity index (χ4n) is 12.5. The smallest absolute Gasteiger partial charge is 0.462 e. The number of esters is 4. The van der Waals surface area contributed by atoms with Gasteiger partial charge in [-0.15, -0.1) is 0 Å². The molecule has 0 aliphatic rings. The normalized spacial score (nSPS) is 14.5.